The van der Waals surface area contributed by atoms with Crippen molar-refractivity contribution >= 4 is 23.9 Å². The van der Waals surface area contributed by atoms with Gasteiger partial charge in [-0.05, 0) is 91.5 Å². The molecule has 0 amide bonds. The molecule has 2 aromatic carbocycles. The Hall–Kier alpha value is -2.88. The van der Waals surface area contributed by atoms with Crippen LogP contribution >= 0.6 is 12.4 Å². The second-order valence-electron chi connectivity index (χ2n) is 11.4. The van der Waals surface area contributed by atoms with Crippen molar-refractivity contribution in [1.82, 2.24) is 9.78 Å². The Bertz CT molecular complexity index is 1330. The molecule has 0 spiro atoms. The lowest BCUT2D eigenvalue weighted by Crippen LogP contribution is -2.31. The maximum absolute atomic E-state index is 13.6. The van der Waals surface area contributed by atoms with Crippen LogP contribution in [0.2, 0.25) is 0 Å². The summed E-state index contributed by atoms with van der Waals surface area (Å²) in [6.45, 7) is 4.03. The first kappa shape index (κ1) is 32.0. The molecule has 0 bridgehead atoms. The normalized spacial score (nSPS) is 15.5. The third-order valence-electron chi connectivity index (χ3n) is 8.37. The minimum atomic E-state index is -4.90. The molecule has 2 aliphatic rings. The molecule has 1 heterocycles. The predicted molar refractivity (Wildman–Crippen MR) is 155 cm³/mol. The molecule has 2 aliphatic carbocycles. The molecule has 1 fully saturated rings. The van der Waals surface area contributed by atoms with Gasteiger partial charge in [-0.15, -0.1) is 12.4 Å². The highest BCUT2D eigenvalue weighted by Crippen LogP contribution is 2.38. The standard InChI is InChI=1S/C31H36F6N4.ClH/c1-3-40(18-21-7-4-5-8-21)28-16-24-10-6-9-23(24)15-25(28)20-41(29-11-12-39(2)38-29)19-22-13-26(30(32,33)34)17-27(14-22)31(35,36)37;/h11-17,21H,3-10,18-20H2,1-2H3;1H. The molecule has 3 aromatic rings. The van der Waals surface area contributed by atoms with Crippen molar-refractivity contribution in [3.8, 4) is 0 Å². The van der Waals surface area contributed by atoms with Crippen LogP contribution in [0.1, 0.15) is 72.4 Å². The number of benzene rings is 2. The molecular weight excluding hydrogens is 578 g/mol. The molecule has 1 aromatic heterocycles. The number of rotatable bonds is 9. The Morgan fingerprint density at radius 3 is 2.00 bits per heavy atom. The fourth-order valence-corrected chi connectivity index (χ4v) is 6.31. The molecule has 42 heavy (non-hydrogen) atoms. The van der Waals surface area contributed by atoms with Crippen molar-refractivity contribution in [3.05, 3.63) is 76.0 Å². The molecule has 4 nitrogen and oxygen atoms in total. The second kappa shape index (κ2) is 12.8. The first-order valence-electron chi connectivity index (χ1n) is 14.3. The van der Waals surface area contributed by atoms with Gasteiger partial charge < -0.3 is 9.80 Å². The highest BCUT2D eigenvalue weighted by atomic mass is 35.5. The minimum Gasteiger partial charge on any atom is -0.371 e. The molecule has 0 saturated heterocycles. The first-order valence-corrected chi connectivity index (χ1v) is 14.3. The van der Waals surface area contributed by atoms with E-state index >= 15 is 0 Å². The van der Waals surface area contributed by atoms with Crippen LogP contribution in [0.15, 0.2) is 42.6 Å². The Kier molecular flexibility index (Phi) is 9.75. The highest BCUT2D eigenvalue weighted by molar-refractivity contribution is 5.85. The van der Waals surface area contributed by atoms with Gasteiger partial charge in [0.1, 0.15) is 0 Å². The summed E-state index contributed by atoms with van der Waals surface area (Å²) in [5.74, 6) is 1.11. The minimum absolute atomic E-state index is 0. The zero-order valence-corrected chi connectivity index (χ0v) is 24.7. The number of aryl methyl sites for hydroxylation is 3. The van der Waals surface area contributed by atoms with Crippen molar-refractivity contribution in [3.63, 3.8) is 0 Å². The summed E-state index contributed by atoms with van der Waals surface area (Å²) in [6, 6.07) is 7.99. The topological polar surface area (TPSA) is 24.3 Å². The van der Waals surface area contributed by atoms with E-state index in [1.54, 1.807) is 28.9 Å². The molecule has 0 N–H and O–H groups in total. The number of halogens is 7. The number of fused-ring (bicyclic) bond motifs is 1. The van der Waals surface area contributed by atoms with Crippen LogP contribution in [0.25, 0.3) is 0 Å². The lowest BCUT2D eigenvalue weighted by atomic mass is 10.00. The van der Waals surface area contributed by atoms with E-state index in [1.807, 2.05) is 0 Å². The Labute approximate surface area is 249 Å². The molecule has 0 radical (unpaired) electrons. The first-order chi connectivity index (χ1) is 19.4. The van der Waals surface area contributed by atoms with Crippen LogP contribution in [0, 0.1) is 5.92 Å². The van der Waals surface area contributed by atoms with Gasteiger partial charge in [-0.2, -0.15) is 31.4 Å². The van der Waals surface area contributed by atoms with E-state index in [1.165, 1.54) is 36.8 Å². The van der Waals surface area contributed by atoms with Gasteiger partial charge >= 0.3 is 12.4 Å². The van der Waals surface area contributed by atoms with Crippen LogP contribution < -0.4 is 9.80 Å². The number of nitrogens with zero attached hydrogens (tertiary/aromatic N) is 4. The van der Waals surface area contributed by atoms with Crippen molar-refractivity contribution < 1.29 is 26.3 Å². The summed E-state index contributed by atoms with van der Waals surface area (Å²) in [7, 11) is 1.73. The largest absolute Gasteiger partial charge is 0.416 e. The van der Waals surface area contributed by atoms with Crippen LogP contribution in [-0.2, 0) is 45.3 Å². The Balaban J connectivity index is 0.00000405. The van der Waals surface area contributed by atoms with Gasteiger partial charge in [-0.3, -0.25) is 4.68 Å². The summed E-state index contributed by atoms with van der Waals surface area (Å²) in [4.78, 5) is 4.17. The second-order valence-corrected chi connectivity index (χ2v) is 11.4. The van der Waals surface area contributed by atoms with Gasteiger partial charge in [0.05, 0.1) is 11.1 Å². The smallest absolute Gasteiger partial charge is 0.371 e. The molecule has 230 valence electrons. The molecule has 0 atom stereocenters. The zero-order valence-electron chi connectivity index (χ0n) is 23.9. The van der Waals surface area contributed by atoms with E-state index in [2.05, 4.69) is 29.1 Å². The lowest BCUT2D eigenvalue weighted by molar-refractivity contribution is -0.143. The average Bonchev–Trinajstić information content (AvgIpc) is 3.67. The summed E-state index contributed by atoms with van der Waals surface area (Å²) in [6.07, 6.45) is -0.155. The van der Waals surface area contributed by atoms with Crippen LogP contribution in [0.5, 0.6) is 0 Å². The molecular formula is C31H37ClF6N4. The average molecular weight is 615 g/mol. The summed E-state index contributed by atoms with van der Waals surface area (Å²) < 4.78 is 83.3. The van der Waals surface area contributed by atoms with Crippen molar-refractivity contribution in [1.29, 1.82) is 0 Å². The Morgan fingerprint density at radius 1 is 0.833 bits per heavy atom. The summed E-state index contributed by atoms with van der Waals surface area (Å²) >= 11 is 0. The number of hydrogen-bond acceptors (Lipinski definition) is 3. The zero-order chi connectivity index (χ0) is 29.4. The highest BCUT2D eigenvalue weighted by Gasteiger charge is 2.37. The van der Waals surface area contributed by atoms with E-state index < -0.39 is 23.5 Å². The van der Waals surface area contributed by atoms with E-state index in [0.29, 0.717) is 18.3 Å². The fraction of sp³-hybridized carbons (Fsp3) is 0.516. The third kappa shape index (κ3) is 7.36. The van der Waals surface area contributed by atoms with E-state index in [9.17, 15) is 26.3 Å². The van der Waals surface area contributed by atoms with Gasteiger partial charge in [0, 0.05) is 51.2 Å². The molecule has 1 saturated carbocycles. The quantitative estimate of drug-likeness (QED) is 0.226. The van der Waals surface area contributed by atoms with Crippen LogP contribution in [-0.4, -0.2) is 22.9 Å². The summed E-state index contributed by atoms with van der Waals surface area (Å²) in [5, 5.41) is 4.48. The molecule has 0 aliphatic heterocycles. The van der Waals surface area contributed by atoms with E-state index in [-0.39, 0.29) is 30.6 Å². The van der Waals surface area contributed by atoms with Gasteiger partial charge in [0.25, 0.3) is 0 Å². The van der Waals surface area contributed by atoms with Gasteiger partial charge in [-0.1, -0.05) is 18.9 Å². The molecule has 11 heteroatoms. The van der Waals surface area contributed by atoms with Crippen LogP contribution in [0.3, 0.4) is 0 Å². The molecule has 0 unspecified atom stereocenters. The van der Waals surface area contributed by atoms with Crippen molar-refractivity contribution in [2.75, 3.05) is 22.9 Å². The van der Waals surface area contributed by atoms with Gasteiger partial charge in [0.2, 0.25) is 0 Å². The summed E-state index contributed by atoms with van der Waals surface area (Å²) in [5.41, 5.74) is 2.01. The van der Waals surface area contributed by atoms with Gasteiger partial charge in [-0.25, -0.2) is 0 Å². The Morgan fingerprint density at radius 2 is 1.45 bits per heavy atom. The maximum atomic E-state index is 13.6. The monoisotopic (exact) mass is 614 g/mol. The number of anilines is 2. The van der Waals surface area contributed by atoms with E-state index in [4.69, 9.17) is 0 Å². The van der Waals surface area contributed by atoms with Crippen molar-refractivity contribution in [2.45, 2.75) is 77.3 Å². The molecule has 5 rings (SSSR count). The third-order valence-corrected chi connectivity index (χ3v) is 8.37. The lowest BCUT2D eigenvalue weighted by Gasteiger charge is -2.31. The predicted octanol–water partition coefficient (Wildman–Crippen LogP) is 8.59. The van der Waals surface area contributed by atoms with Crippen molar-refractivity contribution in [2.24, 2.45) is 13.0 Å². The van der Waals surface area contributed by atoms with Gasteiger partial charge in [0.15, 0.2) is 5.82 Å². The number of hydrogen-bond donors (Lipinski definition) is 0. The maximum Gasteiger partial charge on any atom is 0.416 e. The number of aromatic nitrogens is 2. The fourth-order valence-electron chi connectivity index (χ4n) is 6.31. The SMILES string of the molecule is CCN(CC1CCCC1)c1cc2c(cc1CN(Cc1cc(C(F)(F)F)cc(C(F)(F)F)c1)c1ccn(C)n1)CCC2.Cl. The van der Waals surface area contributed by atoms with E-state index in [0.717, 1.165) is 55.7 Å². The van der Waals surface area contributed by atoms with Crippen LogP contribution in [0.4, 0.5) is 37.8 Å². The number of alkyl halides is 6.